The molecule has 0 atom stereocenters. The maximum absolute atomic E-state index is 13.1. The summed E-state index contributed by atoms with van der Waals surface area (Å²) in [5.41, 5.74) is 2.43. The number of aliphatic carboxylic acids is 1. The number of hydrogen-bond donors (Lipinski definition) is 1. The van der Waals surface area contributed by atoms with Crippen LogP contribution in [0.1, 0.15) is 5.69 Å². The van der Waals surface area contributed by atoms with E-state index >= 15 is 0 Å². The Morgan fingerprint density at radius 3 is 2.62 bits per heavy atom. The number of carboxylic acids is 1. The zero-order valence-corrected chi connectivity index (χ0v) is 13.5. The van der Waals surface area contributed by atoms with Gasteiger partial charge in [0, 0.05) is 22.7 Å². The number of carboxylic acid groups (broad SMARTS) is 1. The second kappa shape index (κ2) is 6.40. The van der Waals surface area contributed by atoms with E-state index in [4.69, 9.17) is 4.42 Å². The highest BCUT2D eigenvalue weighted by atomic mass is 19.1. The van der Waals surface area contributed by atoms with Gasteiger partial charge in [-0.1, -0.05) is 6.07 Å². The van der Waals surface area contributed by atoms with Crippen molar-refractivity contribution in [1.29, 1.82) is 0 Å². The van der Waals surface area contributed by atoms with Crippen LogP contribution in [0.5, 0.6) is 0 Å². The summed E-state index contributed by atoms with van der Waals surface area (Å²) in [5, 5.41) is 10.1. The molecule has 0 saturated carbocycles. The Bertz CT molecular complexity index is 1100. The average molecular weight is 348 g/mol. The summed E-state index contributed by atoms with van der Waals surface area (Å²) < 4.78 is 19.0. The Kier molecular flexibility index (Phi) is 3.93. The van der Waals surface area contributed by atoms with Crippen LogP contribution in [0.4, 0.5) is 4.39 Å². The zero-order valence-electron chi connectivity index (χ0n) is 13.5. The van der Waals surface area contributed by atoms with E-state index in [2.05, 4.69) is 9.97 Å². The normalized spacial score (nSPS) is 11.0. The van der Waals surface area contributed by atoms with Crippen molar-refractivity contribution >= 4 is 16.9 Å². The van der Waals surface area contributed by atoms with Gasteiger partial charge in [0.15, 0.2) is 5.76 Å². The SMILES string of the molecule is O=C(O)Cc1nc(-c2ccc(F)cc2)oc1-c1ccc2ncccc2c1. The minimum absolute atomic E-state index is 0.252. The summed E-state index contributed by atoms with van der Waals surface area (Å²) in [6, 6.07) is 15.0. The van der Waals surface area contributed by atoms with E-state index in [0.29, 0.717) is 22.6 Å². The molecule has 2 heterocycles. The number of halogens is 1. The molecule has 0 fully saturated rings. The van der Waals surface area contributed by atoms with Crippen molar-refractivity contribution in [3.05, 3.63) is 72.3 Å². The van der Waals surface area contributed by atoms with Crippen molar-refractivity contribution in [2.45, 2.75) is 6.42 Å². The number of nitrogens with zero attached hydrogens (tertiary/aromatic N) is 2. The number of benzene rings is 2. The molecule has 0 unspecified atom stereocenters. The lowest BCUT2D eigenvalue weighted by Crippen LogP contribution is -2.01. The molecule has 128 valence electrons. The van der Waals surface area contributed by atoms with Crippen LogP contribution in [0.2, 0.25) is 0 Å². The summed E-state index contributed by atoms with van der Waals surface area (Å²) in [4.78, 5) is 19.8. The van der Waals surface area contributed by atoms with Crippen LogP contribution in [0.15, 0.2) is 65.2 Å². The topological polar surface area (TPSA) is 76.2 Å². The van der Waals surface area contributed by atoms with Crippen molar-refractivity contribution in [3.63, 3.8) is 0 Å². The highest BCUT2D eigenvalue weighted by Crippen LogP contribution is 2.31. The first-order chi connectivity index (χ1) is 12.6. The maximum Gasteiger partial charge on any atom is 0.309 e. The first-order valence-corrected chi connectivity index (χ1v) is 7.93. The molecule has 4 aromatic rings. The Morgan fingerprint density at radius 2 is 1.85 bits per heavy atom. The highest BCUT2D eigenvalue weighted by molar-refractivity contribution is 5.84. The molecule has 0 aliphatic rings. The third-order valence-electron chi connectivity index (χ3n) is 3.97. The summed E-state index contributed by atoms with van der Waals surface area (Å²) in [5.74, 6) is -0.735. The van der Waals surface area contributed by atoms with Gasteiger partial charge in [0.25, 0.3) is 0 Å². The van der Waals surface area contributed by atoms with Gasteiger partial charge in [0.2, 0.25) is 5.89 Å². The largest absolute Gasteiger partial charge is 0.481 e. The molecular formula is C20H13FN2O3. The third kappa shape index (κ3) is 3.04. The number of fused-ring (bicyclic) bond motifs is 1. The number of rotatable bonds is 4. The van der Waals surface area contributed by atoms with Gasteiger partial charge in [-0.05, 0) is 48.5 Å². The average Bonchev–Trinajstić information content (AvgIpc) is 3.05. The van der Waals surface area contributed by atoms with Crippen molar-refractivity contribution in [3.8, 4) is 22.8 Å². The molecule has 26 heavy (non-hydrogen) atoms. The first-order valence-electron chi connectivity index (χ1n) is 7.93. The van der Waals surface area contributed by atoms with Gasteiger partial charge in [-0.2, -0.15) is 0 Å². The first kappa shape index (κ1) is 16.0. The Hall–Kier alpha value is -3.54. The van der Waals surface area contributed by atoms with Crippen molar-refractivity contribution in [2.75, 3.05) is 0 Å². The second-order valence-electron chi connectivity index (χ2n) is 5.78. The molecule has 0 saturated heterocycles. The number of carbonyl (C=O) groups is 1. The van der Waals surface area contributed by atoms with Crippen LogP contribution in [0.25, 0.3) is 33.7 Å². The minimum atomic E-state index is -1.01. The summed E-state index contributed by atoms with van der Waals surface area (Å²) in [6.07, 6.45) is 1.43. The van der Waals surface area contributed by atoms with Gasteiger partial charge >= 0.3 is 5.97 Å². The minimum Gasteiger partial charge on any atom is -0.481 e. The smallest absolute Gasteiger partial charge is 0.309 e. The van der Waals surface area contributed by atoms with Crippen LogP contribution in [0, 0.1) is 5.82 Å². The van der Waals surface area contributed by atoms with Crippen molar-refractivity contribution < 1.29 is 18.7 Å². The van der Waals surface area contributed by atoms with E-state index in [1.165, 1.54) is 12.1 Å². The van der Waals surface area contributed by atoms with E-state index in [-0.39, 0.29) is 18.1 Å². The molecular weight excluding hydrogens is 335 g/mol. The van der Waals surface area contributed by atoms with Gasteiger partial charge in [0.05, 0.1) is 17.6 Å². The fourth-order valence-electron chi connectivity index (χ4n) is 2.77. The lowest BCUT2D eigenvalue weighted by atomic mass is 10.1. The Balaban J connectivity index is 1.84. The van der Waals surface area contributed by atoms with Gasteiger partial charge < -0.3 is 9.52 Å². The number of aromatic nitrogens is 2. The molecule has 0 spiro atoms. The predicted octanol–water partition coefficient (Wildman–Crippen LogP) is 4.32. The number of oxazole rings is 1. The van der Waals surface area contributed by atoms with Crippen LogP contribution >= 0.6 is 0 Å². The quantitative estimate of drug-likeness (QED) is 0.594. The molecule has 5 nitrogen and oxygen atoms in total. The van der Waals surface area contributed by atoms with E-state index in [1.54, 1.807) is 18.3 Å². The molecule has 0 bridgehead atoms. The van der Waals surface area contributed by atoms with Crippen LogP contribution < -0.4 is 0 Å². The molecule has 4 rings (SSSR count). The fourth-order valence-corrected chi connectivity index (χ4v) is 2.77. The lowest BCUT2D eigenvalue weighted by Gasteiger charge is -2.02. The molecule has 0 aliphatic heterocycles. The van der Waals surface area contributed by atoms with Crippen molar-refractivity contribution in [1.82, 2.24) is 9.97 Å². The second-order valence-corrected chi connectivity index (χ2v) is 5.78. The van der Waals surface area contributed by atoms with Gasteiger partial charge in [-0.15, -0.1) is 0 Å². The Morgan fingerprint density at radius 1 is 1.08 bits per heavy atom. The standard InChI is InChI=1S/C20H13FN2O3/c21-15-6-3-12(4-7-15)20-23-17(11-18(24)25)19(26-20)14-5-8-16-13(10-14)2-1-9-22-16/h1-10H,11H2,(H,24,25). The van der Waals surface area contributed by atoms with Gasteiger partial charge in [-0.25, -0.2) is 9.37 Å². The van der Waals surface area contributed by atoms with Crippen LogP contribution in [-0.2, 0) is 11.2 Å². The molecule has 2 aromatic carbocycles. The predicted molar refractivity (Wildman–Crippen MR) is 94.0 cm³/mol. The number of pyridine rings is 1. The molecule has 0 amide bonds. The molecule has 2 aromatic heterocycles. The Labute approximate surface area is 147 Å². The van der Waals surface area contributed by atoms with E-state index in [1.807, 2.05) is 30.3 Å². The maximum atomic E-state index is 13.1. The highest BCUT2D eigenvalue weighted by Gasteiger charge is 2.19. The third-order valence-corrected chi connectivity index (χ3v) is 3.97. The lowest BCUT2D eigenvalue weighted by molar-refractivity contribution is -0.136. The van der Waals surface area contributed by atoms with E-state index in [9.17, 15) is 14.3 Å². The fraction of sp³-hybridized carbons (Fsp3) is 0.0500. The molecule has 6 heteroatoms. The molecule has 0 radical (unpaired) electrons. The van der Waals surface area contributed by atoms with Crippen LogP contribution in [-0.4, -0.2) is 21.0 Å². The van der Waals surface area contributed by atoms with Crippen molar-refractivity contribution in [2.24, 2.45) is 0 Å². The molecule has 1 N–H and O–H groups in total. The van der Waals surface area contributed by atoms with Gasteiger partial charge in [-0.3, -0.25) is 9.78 Å². The number of hydrogen-bond acceptors (Lipinski definition) is 4. The summed E-state index contributed by atoms with van der Waals surface area (Å²) in [6.45, 7) is 0. The monoisotopic (exact) mass is 348 g/mol. The van der Waals surface area contributed by atoms with Crippen LogP contribution in [0.3, 0.4) is 0 Å². The zero-order chi connectivity index (χ0) is 18.1. The summed E-state index contributed by atoms with van der Waals surface area (Å²) >= 11 is 0. The van der Waals surface area contributed by atoms with Gasteiger partial charge in [0.1, 0.15) is 5.82 Å². The van der Waals surface area contributed by atoms with E-state index in [0.717, 1.165) is 10.9 Å². The molecule has 0 aliphatic carbocycles. The summed E-state index contributed by atoms with van der Waals surface area (Å²) in [7, 11) is 0. The van der Waals surface area contributed by atoms with E-state index < -0.39 is 5.97 Å².